The predicted octanol–water partition coefficient (Wildman–Crippen LogP) is 2.90. The zero-order chi connectivity index (χ0) is 18.7. The number of thiazole rings is 1. The molecule has 0 bridgehead atoms. The van der Waals surface area contributed by atoms with Gasteiger partial charge in [-0.15, -0.1) is 35.3 Å². The Morgan fingerprint density at radius 1 is 1.46 bits per heavy atom. The van der Waals surface area contributed by atoms with Gasteiger partial charge in [-0.25, -0.2) is 13.4 Å². The fourth-order valence-corrected chi connectivity index (χ4v) is 4.96. The van der Waals surface area contributed by atoms with Crippen LogP contribution < -0.4 is 5.32 Å². The first-order valence-electron chi connectivity index (χ1n) is 8.86. The summed E-state index contributed by atoms with van der Waals surface area (Å²) >= 11 is 1.70. The van der Waals surface area contributed by atoms with E-state index in [-0.39, 0.29) is 29.7 Å². The number of hydrogen-bond acceptors (Lipinski definition) is 5. The standard InChI is InChI=1S/C17H30N4O2S2.HI/c1-6-18-16(21-9-10-25(22,23)17(4,5)12-21)19-8-7-14-11-24-15(20-14)13(2)3;/h11,13H,6-10,12H2,1-5H3,(H,18,19);1H. The van der Waals surface area contributed by atoms with Crippen molar-refractivity contribution in [3.05, 3.63) is 16.1 Å². The van der Waals surface area contributed by atoms with Crippen LogP contribution in [-0.2, 0) is 16.3 Å². The van der Waals surface area contributed by atoms with Crippen LogP contribution in [0.1, 0.15) is 51.2 Å². The number of aliphatic imine (C=N–C) groups is 1. The predicted molar refractivity (Wildman–Crippen MR) is 121 cm³/mol. The fraction of sp³-hybridized carbons (Fsp3) is 0.765. The fourth-order valence-electron chi connectivity index (χ4n) is 2.73. The zero-order valence-corrected chi connectivity index (χ0v) is 20.2. The van der Waals surface area contributed by atoms with Gasteiger partial charge in [-0.1, -0.05) is 13.8 Å². The number of guanidine groups is 1. The third kappa shape index (κ3) is 5.79. The topological polar surface area (TPSA) is 74.7 Å². The average Bonchev–Trinajstić information content (AvgIpc) is 2.98. The summed E-state index contributed by atoms with van der Waals surface area (Å²) in [6.07, 6.45) is 0.799. The van der Waals surface area contributed by atoms with Crippen molar-refractivity contribution >= 4 is 51.1 Å². The molecule has 1 aromatic rings. The van der Waals surface area contributed by atoms with Gasteiger partial charge >= 0.3 is 0 Å². The molecule has 0 atom stereocenters. The Hall–Kier alpha value is -0.420. The van der Waals surface area contributed by atoms with E-state index in [2.05, 4.69) is 34.4 Å². The molecule has 2 rings (SSSR count). The molecule has 9 heteroatoms. The van der Waals surface area contributed by atoms with Gasteiger partial charge in [-0.3, -0.25) is 4.99 Å². The molecule has 1 fully saturated rings. The van der Waals surface area contributed by atoms with E-state index >= 15 is 0 Å². The summed E-state index contributed by atoms with van der Waals surface area (Å²) in [6.45, 7) is 12.3. The highest BCUT2D eigenvalue weighted by molar-refractivity contribution is 14.0. The number of halogens is 1. The third-order valence-corrected chi connectivity index (χ3v) is 8.10. The number of aromatic nitrogens is 1. The summed E-state index contributed by atoms with van der Waals surface area (Å²) in [4.78, 5) is 11.4. The maximum Gasteiger partial charge on any atom is 0.194 e. The lowest BCUT2D eigenvalue weighted by Crippen LogP contribution is -2.57. The molecule has 1 aliphatic heterocycles. The molecule has 0 saturated carbocycles. The first-order valence-corrected chi connectivity index (χ1v) is 11.4. The normalized spacial score (nSPS) is 19.3. The highest BCUT2D eigenvalue weighted by Gasteiger charge is 2.40. The van der Waals surface area contributed by atoms with Gasteiger partial charge < -0.3 is 10.2 Å². The van der Waals surface area contributed by atoms with E-state index in [1.54, 1.807) is 25.2 Å². The molecule has 1 N–H and O–H groups in total. The first kappa shape index (κ1) is 23.6. The molecule has 1 saturated heterocycles. The van der Waals surface area contributed by atoms with E-state index in [0.717, 1.165) is 29.6 Å². The maximum atomic E-state index is 12.2. The second-order valence-electron chi connectivity index (χ2n) is 7.32. The Bertz CT molecular complexity index is 714. The SMILES string of the molecule is CCNC(=NCCc1csc(C(C)C)n1)N1CCS(=O)(=O)C(C)(C)C1.I. The largest absolute Gasteiger partial charge is 0.357 e. The van der Waals surface area contributed by atoms with Crippen LogP contribution in [0.5, 0.6) is 0 Å². The van der Waals surface area contributed by atoms with E-state index < -0.39 is 14.6 Å². The maximum absolute atomic E-state index is 12.2. The molecule has 1 aromatic heterocycles. The summed E-state index contributed by atoms with van der Waals surface area (Å²) in [6, 6.07) is 0. The molecule has 0 spiro atoms. The molecule has 26 heavy (non-hydrogen) atoms. The lowest BCUT2D eigenvalue weighted by Gasteiger charge is -2.39. The van der Waals surface area contributed by atoms with Crippen molar-refractivity contribution in [2.75, 3.05) is 31.9 Å². The zero-order valence-electron chi connectivity index (χ0n) is 16.3. The van der Waals surface area contributed by atoms with Crippen LogP contribution in [0.15, 0.2) is 10.4 Å². The second-order valence-corrected chi connectivity index (χ2v) is 11.0. The van der Waals surface area contributed by atoms with E-state index in [0.29, 0.717) is 25.6 Å². The molecule has 1 aliphatic rings. The van der Waals surface area contributed by atoms with E-state index in [4.69, 9.17) is 4.99 Å². The number of hydrogen-bond donors (Lipinski definition) is 1. The number of nitrogens with one attached hydrogen (secondary N) is 1. The molecular formula is C17H31IN4O2S2. The van der Waals surface area contributed by atoms with Crippen LogP contribution in [0.2, 0.25) is 0 Å². The van der Waals surface area contributed by atoms with Crippen LogP contribution >= 0.6 is 35.3 Å². The van der Waals surface area contributed by atoms with Gasteiger partial charge in [0.05, 0.1) is 21.2 Å². The highest BCUT2D eigenvalue weighted by Crippen LogP contribution is 2.24. The number of nitrogens with zero attached hydrogens (tertiary/aromatic N) is 3. The lowest BCUT2D eigenvalue weighted by molar-refractivity contribution is 0.353. The van der Waals surface area contributed by atoms with Gasteiger partial charge in [0.25, 0.3) is 0 Å². The van der Waals surface area contributed by atoms with Crippen LogP contribution in [0.3, 0.4) is 0 Å². The molecule has 0 aliphatic carbocycles. The summed E-state index contributed by atoms with van der Waals surface area (Å²) in [5, 5.41) is 6.56. The van der Waals surface area contributed by atoms with Gasteiger partial charge in [0.15, 0.2) is 15.8 Å². The van der Waals surface area contributed by atoms with E-state index in [1.807, 2.05) is 6.92 Å². The van der Waals surface area contributed by atoms with Crippen molar-refractivity contribution in [2.45, 2.75) is 51.7 Å². The average molecular weight is 514 g/mol. The molecule has 0 radical (unpaired) electrons. The summed E-state index contributed by atoms with van der Waals surface area (Å²) in [5.41, 5.74) is 1.08. The molecule has 6 nitrogen and oxygen atoms in total. The van der Waals surface area contributed by atoms with Crippen LogP contribution in [0, 0.1) is 0 Å². The summed E-state index contributed by atoms with van der Waals surface area (Å²) in [7, 11) is -3.04. The van der Waals surface area contributed by atoms with Crippen molar-refractivity contribution < 1.29 is 8.42 Å². The van der Waals surface area contributed by atoms with Crippen LogP contribution in [-0.4, -0.2) is 60.9 Å². The van der Waals surface area contributed by atoms with Crippen molar-refractivity contribution in [2.24, 2.45) is 4.99 Å². The third-order valence-electron chi connectivity index (χ3n) is 4.37. The Balaban J connectivity index is 0.00000338. The molecule has 0 amide bonds. The number of sulfone groups is 1. The quantitative estimate of drug-likeness (QED) is 0.372. The Morgan fingerprint density at radius 2 is 2.15 bits per heavy atom. The summed E-state index contributed by atoms with van der Waals surface area (Å²) < 4.78 is 23.6. The van der Waals surface area contributed by atoms with Gasteiger partial charge in [0, 0.05) is 43.9 Å². The van der Waals surface area contributed by atoms with Gasteiger partial charge in [0.1, 0.15) is 0 Å². The van der Waals surface area contributed by atoms with E-state index in [9.17, 15) is 8.42 Å². The second kappa shape index (κ2) is 9.68. The molecule has 150 valence electrons. The van der Waals surface area contributed by atoms with Gasteiger partial charge in [-0.2, -0.15) is 0 Å². The summed E-state index contributed by atoms with van der Waals surface area (Å²) in [5.74, 6) is 1.43. The monoisotopic (exact) mass is 514 g/mol. The Labute approximate surface area is 178 Å². The van der Waals surface area contributed by atoms with Crippen molar-refractivity contribution in [1.29, 1.82) is 0 Å². The highest BCUT2D eigenvalue weighted by atomic mass is 127. The minimum absolute atomic E-state index is 0. The van der Waals surface area contributed by atoms with Crippen LogP contribution in [0.4, 0.5) is 0 Å². The van der Waals surface area contributed by atoms with Crippen molar-refractivity contribution in [3.8, 4) is 0 Å². The smallest absolute Gasteiger partial charge is 0.194 e. The molecular weight excluding hydrogens is 483 g/mol. The van der Waals surface area contributed by atoms with Crippen molar-refractivity contribution in [1.82, 2.24) is 15.2 Å². The van der Waals surface area contributed by atoms with Crippen LogP contribution in [0.25, 0.3) is 0 Å². The molecule has 2 heterocycles. The molecule has 0 unspecified atom stereocenters. The van der Waals surface area contributed by atoms with E-state index in [1.165, 1.54) is 0 Å². The molecule has 0 aromatic carbocycles. The van der Waals surface area contributed by atoms with Crippen molar-refractivity contribution in [3.63, 3.8) is 0 Å². The van der Waals surface area contributed by atoms with Gasteiger partial charge in [-0.05, 0) is 20.8 Å². The van der Waals surface area contributed by atoms with Gasteiger partial charge in [0.2, 0.25) is 0 Å². The minimum atomic E-state index is -3.04. The lowest BCUT2D eigenvalue weighted by atomic mass is 10.2. The number of rotatable bonds is 5. The Morgan fingerprint density at radius 3 is 2.69 bits per heavy atom. The Kier molecular flexibility index (Phi) is 8.79. The minimum Gasteiger partial charge on any atom is -0.357 e. The first-order chi connectivity index (χ1) is 11.7.